The lowest BCUT2D eigenvalue weighted by Crippen LogP contribution is -2.18. The van der Waals surface area contributed by atoms with Crippen LogP contribution in [0.4, 0.5) is 0 Å². The minimum atomic E-state index is -0.300. The van der Waals surface area contributed by atoms with Crippen molar-refractivity contribution in [3.8, 4) is 28.7 Å². The van der Waals surface area contributed by atoms with E-state index in [1.165, 1.54) is 150 Å². The van der Waals surface area contributed by atoms with Gasteiger partial charge in [-0.15, -0.1) is 0 Å². The molecule has 0 spiro atoms. The minimum absolute atomic E-state index is 0.300. The molecule has 96 heavy (non-hydrogen) atoms. The molecule has 0 unspecified atom stereocenters. The second-order valence-electron chi connectivity index (χ2n) is 26.9. The summed E-state index contributed by atoms with van der Waals surface area (Å²) in [5.74, 6) is 7.03. The molecular formula is C85H120O11. The molecule has 6 aromatic rings. The van der Waals surface area contributed by atoms with Crippen LogP contribution in [-0.4, -0.2) is 65.4 Å². The summed E-state index contributed by atoms with van der Waals surface area (Å²) in [6, 6.07) is 50.4. The van der Waals surface area contributed by atoms with Crippen molar-refractivity contribution in [1.82, 2.24) is 0 Å². The van der Waals surface area contributed by atoms with Gasteiger partial charge in [-0.2, -0.15) is 0 Å². The van der Waals surface area contributed by atoms with E-state index >= 15 is 0 Å². The van der Waals surface area contributed by atoms with Crippen LogP contribution in [0.25, 0.3) is 0 Å². The number of esters is 1. The zero-order valence-electron chi connectivity index (χ0n) is 59.4. The van der Waals surface area contributed by atoms with Crippen LogP contribution in [0, 0.1) is 18.8 Å². The maximum atomic E-state index is 12.2. The molecule has 0 N–H and O–H groups in total. The van der Waals surface area contributed by atoms with Crippen molar-refractivity contribution >= 4 is 5.97 Å². The van der Waals surface area contributed by atoms with Gasteiger partial charge in [-0.25, -0.2) is 24.3 Å². The van der Waals surface area contributed by atoms with Gasteiger partial charge in [0.05, 0.1) is 65.0 Å². The Labute approximate surface area is 579 Å². The minimum Gasteiger partial charge on any atom is -0.494 e. The molecule has 0 radical (unpaired) electrons. The summed E-state index contributed by atoms with van der Waals surface area (Å²) in [6.07, 6.45) is 35.2. The van der Waals surface area contributed by atoms with Crippen LogP contribution in [0.1, 0.15) is 256 Å². The lowest BCUT2D eigenvalue weighted by molar-refractivity contribution is -0.304. The molecule has 0 aliphatic heterocycles. The highest BCUT2D eigenvalue weighted by atomic mass is 17.2. The lowest BCUT2D eigenvalue weighted by atomic mass is 9.77. The summed E-state index contributed by atoms with van der Waals surface area (Å²) >= 11 is 0. The zero-order chi connectivity index (χ0) is 67.1. The van der Waals surface area contributed by atoms with Crippen molar-refractivity contribution < 1.29 is 52.8 Å². The van der Waals surface area contributed by atoms with Crippen molar-refractivity contribution in [2.24, 2.45) is 11.8 Å². The van der Waals surface area contributed by atoms with Crippen molar-refractivity contribution in [3.63, 3.8) is 0 Å². The summed E-state index contributed by atoms with van der Waals surface area (Å²) < 4.78 is 34.7. The molecule has 8 rings (SSSR count). The fraction of sp³-hybridized carbons (Fsp3) is 0.565. The van der Waals surface area contributed by atoms with Crippen LogP contribution in [0.2, 0.25) is 0 Å². The predicted octanol–water partition coefficient (Wildman–Crippen LogP) is 22.4. The van der Waals surface area contributed by atoms with Crippen LogP contribution in [0.5, 0.6) is 28.7 Å². The topological polar surface area (TPSA) is 109 Å². The fourth-order valence-electron chi connectivity index (χ4n) is 12.6. The van der Waals surface area contributed by atoms with Crippen LogP contribution in [-0.2, 0) is 43.7 Å². The first-order valence-electron chi connectivity index (χ1n) is 37.7. The normalized spacial score (nSPS) is 16.1. The Hall–Kier alpha value is -6.37. The number of carbonyl (C=O) groups excluding carboxylic acids is 1. The highest BCUT2D eigenvalue weighted by Crippen LogP contribution is 2.39. The molecule has 2 fully saturated rings. The monoisotopic (exact) mass is 1320 g/mol. The molecule has 0 atom stereocenters. The Bertz CT molecular complexity index is 2860. The average molecular weight is 1320 g/mol. The SMILES string of the molecule is CCCCCCCOc1ccc(OCCCCOc2ccc(C3CCC(CCCCc4ccc(CCCC)cc4)CC3)cc2)cc1.CCCCOc1ccc(C(=O)OCCCCCCOOCc2ccc(OCCCCOOCC3CCC(c4ccc(C)cc4)CC3)cc2)cc1. The average Bonchev–Trinajstić information content (AvgIpc) is 1.19. The van der Waals surface area contributed by atoms with Gasteiger partial charge in [-0.1, -0.05) is 157 Å². The summed E-state index contributed by atoms with van der Waals surface area (Å²) in [7, 11) is 0. The molecule has 2 aliphatic carbocycles. The van der Waals surface area contributed by atoms with Gasteiger partial charge >= 0.3 is 5.97 Å². The molecule has 0 aromatic heterocycles. The molecular weight excluding hydrogens is 1200 g/mol. The van der Waals surface area contributed by atoms with Crippen molar-refractivity contribution in [2.75, 3.05) is 59.5 Å². The Morgan fingerprint density at radius 3 is 1.24 bits per heavy atom. The molecule has 11 heteroatoms. The van der Waals surface area contributed by atoms with E-state index in [-0.39, 0.29) is 5.97 Å². The summed E-state index contributed by atoms with van der Waals surface area (Å²) in [5.41, 5.74) is 8.86. The maximum Gasteiger partial charge on any atom is 0.338 e. The van der Waals surface area contributed by atoms with E-state index in [2.05, 4.69) is 100 Å². The smallest absolute Gasteiger partial charge is 0.338 e. The molecule has 6 aromatic carbocycles. The predicted molar refractivity (Wildman–Crippen MR) is 390 cm³/mol. The van der Waals surface area contributed by atoms with Gasteiger partial charge in [0.25, 0.3) is 0 Å². The van der Waals surface area contributed by atoms with Gasteiger partial charge in [0.2, 0.25) is 0 Å². The zero-order valence-corrected chi connectivity index (χ0v) is 59.4. The van der Waals surface area contributed by atoms with E-state index in [0.29, 0.717) is 76.2 Å². The van der Waals surface area contributed by atoms with Gasteiger partial charge in [-0.05, 0) is 266 Å². The number of hydrogen-bond acceptors (Lipinski definition) is 11. The van der Waals surface area contributed by atoms with Gasteiger partial charge in [0.1, 0.15) is 35.4 Å². The standard InChI is InChI=1S/C43H62O3.C42H58O8/c1-3-5-7-8-11-33-44-42-29-31-43(32-30-42)46-35-13-12-34-45-41-27-25-40(26-28-41)39-23-21-38(22-24-39)16-10-9-15-37-19-17-36(18-20-37)14-6-4-2;1-3-4-27-44-41-25-21-39(22-26-41)42(43)46-29-7-5-6-8-30-47-50-33-36-15-23-40(24-16-36)45-28-9-10-31-48-49-32-35-13-19-38(20-14-35)37-17-11-34(2)12-18-37/h17-20,25-32,38-39H,3-16,21-24,33-35H2,1-2H3;11-12,15-18,21-26,35,38H,3-10,13-14,19-20,27-33H2,1-2H3. The largest absolute Gasteiger partial charge is 0.494 e. The Morgan fingerprint density at radius 2 is 0.719 bits per heavy atom. The number of benzene rings is 6. The molecule has 526 valence electrons. The third-order valence-electron chi connectivity index (χ3n) is 18.9. The Kier molecular flexibility index (Phi) is 38.8. The van der Waals surface area contributed by atoms with Gasteiger partial charge in [0.15, 0.2) is 0 Å². The van der Waals surface area contributed by atoms with E-state index in [1.54, 1.807) is 12.1 Å². The van der Waals surface area contributed by atoms with Crippen molar-refractivity contribution in [3.05, 3.63) is 185 Å². The van der Waals surface area contributed by atoms with Crippen LogP contribution >= 0.6 is 0 Å². The lowest BCUT2D eigenvalue weighted by Gasteiger charge is -2.29. The molecule has 0 saturated heterocycles. The second-order valence-corrected chi connectivity index (χ2v) is 26.9. The molecule has 2 saturated carbocycles. The molecule has 0 amide bonds. The highest BCUT2D eigenvalue weighted by molar-refractivity contribution is 5.89. The van der Waals surface area contributed by atoms with Crippen LogP contribution in [0.15, 0.2) is 146 Å². The van der Waals surface area contributed by atoms with Crippen LogP contribution < -0.4 is 23.7 Å². The van der Waals surface area contributed by atoms with E-state index in [9.17, 15) is 4.79 Å². The van der Waals surface area contributed by atoms with E-state index in [4.69, 9.17) is 48.0 Å². The van der Waals surface area contributed by atoms with Crippen LogP contribution in [0.3, 0.4) is 0 Å². The first kappa shape index (κ1) is 77.0. The van der Waals surface area contributed by atoms with Crippen molar-refractivity contribution in [2.45, 2.75) is 239 Å². The molecule has 0 bridgehead atoms. The number of ether oxygens (including phenoxy) is 6. The van der Waals surface area contributed by atoms with Gasteiger partial charge < -0.3 is 28.4 Å². The maximum absolute atomic E-state index is 12.2. The first-order valence-corrected chi connectivity index (χ1v) is 37.7. The molecule has 2 aliphatic rings. The summed E-state index contributed by atoms with van der Waals surface area (Å²) in [4.78, 5) is 33.9. The summed E-state index contributed by atoms with van der Waals surface area (Å²) in [6.45, 7) is 14.9. The number of aryl methyl sites for hydroxylation is 3. The molecule has 11 nitrogen and oxygen atoms in total. The fourth-order valence-corrected chi connectivity index (χ4v) is 12.6. The third kappa shape index (κ3) is 32.3. The summed E-state index contributed by atoms with van der Waals surface area (Å²) in [5, 5.41) is 0. The van der Waals surface area contributed by atoms with E-state index < -0.39 is 0 Å². The number of carbonyl (C=O) groups is 1. The second kappa shape index (κ2) is 48.4. The van der Waals surface area contributed by atoms with E-state index in [1.807, 2.05) is 60.7 Å². The third-order valence-corrected chi connectivity index (χ3v) is 18.9. The quantitative estimate of drug-likeness (QED) is 0.0158. The first-order chi connectivity index (χ1) is 47.3. The van der Waals surface area contributed by atoms with Gasteiger partial charge in [0, 0.05) is 0 Å². The number of unbranched alkanes of at least 4 members (excludes halogenated alkanes) is 12. The van der Waals surface area contributed by atoms with Crippen molar-refractivity contribution in [1.29, 1.82) is 0 Å². The highest BCUT2D eigenvalue weighted by Gasteiger charge is 2.24. The number of rotatable bonds is 48. The molecule has 0 heterocycles. The van der Waals surface area contributed by atoms with E-state index in [0.717, 1.165) is 124 Å². The number of hydrogen-bond donors (Lipinski definition) is 0. The Balaban J connectivity index is 0.000000272. The Morgan fingerprint density at radius 1 is 0.333 bits per heavy atom. The van der Waals surface area contributed by atoms with Gasteiger partial charge in [-0.3, -0.25) is 0 Å².